The Hall–Kier alpha value is -3.62. The summed E-state index contributed by atoms with van der Waals surface area (Å²) in [5.74, 6) is -0.258. The number of nitro groups is 1. The minimum absolute atomic E-state index is 0.102. The molecule has 0 atom stereocenters. The number of benzene rings is 2. The van der Waals surface area contributed by atoms with Crippen molar-refractivity contribution in [3.05, 3.63) is 52.6 Å². The molecule has 0 radical (unpaired) electrons. The number of nitrogens with zero attached hydrogens (tertiary/aromatic N) is 4. The van der Waals surface area contributed by atoms with Gasteiger partial charge in [0.25, 0.3) is 5.69 Å². The number of aromatic hydroxyl groups is 3. The Kier molecular flexibility index (Phi) is 3.30. The van der Waals surface area contributed by atoms with E-state index in [1.807, 2.05) is 0 Å². The van der Waals surface area contributed by atoms with E-state index in [0.29, 0.717) is 5.69 Å². The fourth-order valence-electron chi connectivity index (χ4n) is 2.12. The second-order valence-electron chi connectivity index (χ2n) is 4.63. The van der Waals surface area contributed by atoms with Gasteiger partial charge in [0.1, 0.15) is 11.5 Å². The summed E-state index contributed by atoms with van der Waals surface area (Å²) in [6, 6.07) is 8.83. The molecule has 0 unspecified atom stereocenters. The largest absolute Gasteiger partial charge is 0.508 e. The summed E-state index contributed by atoms with van der Waals surface area (Å²) in [6.07, 6.45) is 0. The smallest absolute Gasteiger partial charge is 0.319 e. The molecular formula is C14H10N4O5. The predicted octanol–water partition coefficient (Wildman–Crippen LogP) is 1.96. The summed E-state index contributed by atoms with van der Waals surface area (Å²) in [7, 11) is 0. The van der Waals surface area contributed by atoms with Crippen LogP contribution < -0.4 is 0 Å². The molecule has 0 amide bonds. The number of phenols is 2. The van der Waals surface area contributed by atoms with Crippen LogP contribution in [0.1, 0.15) is 0 Å². The van der Waals surface area contributed by atoms with Crippen molar-refractivity contribution in [2.75, 3.05) is 0 Å². The minimum atomic E-state index is -0.539. The van der Waals surface area contributed by atoms with E-state index in [2.05, 4.69) is 10.2 Å². The number of phenolic OH excluding ortho intramolecular Hbond substituents is 2. The molecule has 2 aromatic carbocycles. The number of rotatable bonds is 3. The molecule has 3 N–H and O–H groups in total. The van der Waals surface area contributed by atoms with Gasteiger partial charge in [-0.15, -0.1) is 5.10 Å². The van der Waals surface area contributed by atoms with Gasteiger partial charge in [0, 0.05) is 18.2 Å². The first kappa shape index (κ1) is 14.3. The number of hydrogen-bond acceptors (Lipinski definition) is 7. The molecule has 0 bridgehead atoms. The Labute approximate surface area is 128 Å². The van der Waals surface area contributed by atoms with E-state index in [1.165, 1.54) is 41.0 Å². The van der Waals surface area contributed by atoms with Crippen molar-refractivity contribution in [3.8, 4) is 34.6 Å². The molecule has 0 aliphatic rings. The van der Waals surface area contributed by atoms with Crippen LogP contribution in [0.15, 0.2) is 42.5 Å². The number of hydrogen-bond donors (Lipinski definition) is 3. The monoisotopic (exact) mass is 314 g/mol. The van der Waals surface area contributed by atoms with Gasteiger partial charge >= 0.3 is 6.01 Å². The van der Waals surface area contributed by atoms with E-state index in [1.54, 1.807) is 0 Å². The summed E-state index contributed by atoms with van der Waals surface area (Å²) in [6.45, 7) is 0. The summed E-state index contributed by atoms with van der Waals surface area (Å²) in [5.41, 5.74) is 0.505. The highest BCUT2D eigenvalue weighted by atomic mass is 16.6. The van der Waals surface area contributed by atoms with Gasteiger partial charge in [-0.3, -0.25) is 10.1 Å². The van der Waals surface area contributed by atoms with Crippen LogP contribution in [0.2, 0.25) is 0 Å². The Morgan fingerprint density at radius 2 is 1.70 bits per heavy atom. The molecule has 3 rings (SSSR count). The van der Waals surface area contributed by atoms with Gasteiger partial charge in [0.15, 0.2) is 5.82 Å². The lowest BCUT2D eigenvalue weighted by molar-refractivity contribution is -0.384. The maximum atomic E-state index is 10.7. The highest BCUT2D eigenvalue weighted by molar-refractivity contribution is 5.67. The molecule has 0 aliphatic carbocycles. The van der Waals surface area contributed by atoms with Crippen molar-refractivity contribution in [1.82, 2.24) is 14.8 Å². The molecule has 1 heterocycles. The molecule has 0 saturated heterocycles. The van der Waals surface area contributed by atoms with E-state index in [-0.39, 0.29) is 28.6 Å². The highest BCUT2D eigenvalue weighted by Gasteiger charge is 2.18. The molecule has 0 saturated carbocycles. The average molecular weight is 314 g/mol. The maximum Gasteiger partial charge on any atom is 0.319 e. The van der Waals surface area contributed by atoms with Crippen molar-refractivity contribution in [2.45, 2.75) is 0 Å². The number of nitro benzene ring substituents is 1. The predicted molar refractivity (Wildman–Crippen MR) is 78.4 cm³/mol. The van der Waals surface area contributed by atoms with Gasteiger partial charge in [-0.25, -0.2) is 4.57 Å². The van der Waals surface area contributed by atoms with Crippen molar-refractivity contribution in [3.63, 3.8) is 0 Å². The summed E-state index contributed by atoms with van der Waals surface area (Å²) >= 11 is 0. The van der Waals surface area contributed by atoms with Crippen LogP contribution in [-0.4, -0.2) is 35.0 Å². The van der Waals surface area contributed by atoms with E-state index in [4.69, 9.17) is 0 Å². The quantitative estimate of drug-likeness (QED) is 0.496. The molecule has 0 spiro atoms. The Morgan fingerprint density at radius 3 is 2.30 bits per heavy atom. The van der Waals surface area contributed by atoms with Crippen LogP contribution in [-0.2, 0) is 0 Å². The van der Waals surface area contributed by atoms with Gasteiger partial charge in [0.2, 0.25) is 0 Å². The number of aromatic nitrogens is 3. The molecule has 3 aromatic rings. The first-order valence-electron chi connectivity index (χ1n) is 6.39. The van der Waals surface area contributed by atoms with Crippen LogP contribution >= 0.6 is 0 Å². The topological polar surface area (TPSA) is 135 Å². The summed E-state index contributed by atoms with van der Waals surface area (Å²) < 4.78 is 1.22. The molecule has 9 nitrogen and oxygen atoms in total. The Balaban J connectivity index is 2.13. The SMILES string of the molecule is O=[N+]([O-])c1ccc(-n2c(O)nnc2-c2ccc(O)cc2O)cc1. The van der Waals surface area contributed by atoms with Crippen LogP contribution in [0.4, 0.5) is 5.69 Å². The van der Waals surface area contributed by atoms with E-state index in [9.17, 15) is 25.4 Å². The van der Waals surface area contributed by atoms with E-state index < -0.39 is 10.9 Å². The first-order chi connectivity index (χ1) is 11.0. The average Bonchev–Trinajstić information content (AvgIpc) is 2.89. The molecular weight excluding hydrogens is 304 g/mol. The third-order valence-electron chi connectivity index (χ3n) is 3.19. The van der Waals surface area contributed by atoms with Crippen molar-refractivity contribution < 1.29 is 20.2 Å². The van der Waals surface area contributed by atoms with Crippen LogP contribution in [0.25, 0.3) is 17.1 Å². The summed E-state index contributed by atoms with van der Waals surface area (Å²) in [4.78, 5) is 10.2. The third kappa shape index (κ3) is 2.50. The molecule has 9 heteroatoms. The van der Waals surface area contributed by atoms with Gasteiger partial charge in [-0.1, -0.05) is 5.10 Å². The normalized spacial score (nSPS) is 10.6. The lowest BCUT2D eigenvalue weighted by Crippen LogP contribution is -1.98. The summed E-state index contributed by atoms with van der Waals surface area (Å²) in [5, 5.41) is 47.2. The fourth-order valence-corrected chi connectivity index (χ4v) is 2.12. The zero-order valence-electron chi connectivity index (χ0n) is 11.5. The zero-order valence-corrected chi connectivity index (χ0v) is 11.5. The lowest BCUT2D eigenvalue weighted by Gasteiger charge is -2.09. The lowest BCUT2D eigenvalue weighted by atomic mass is 10.1. The van der Waals surface area contributed by atoms with Gasteiger partial charge < -0.3 is 15.3 Å². The van der Waals surface area contributed by atoms with Crippen LogP contribution in [0.3, 0.4) is 0 Å². The van der Waals surface area contributed by atoms with Crippen molar-refractivity contribution >= 4 is 5.69 Å². The molecule has 0 aliphatic heterocycles. The van der Waals surface area contributed by atoms with Crippen LogP contribution in [0.5, 0.6) is 17.5 Å². The van der Waals surface area contributed by atoms with Crippen molar-refractivity contribution in [1.29, 1.82) is 0 Å². The third-order valence-corrected chi connectivity index (χ3v) is 3.19. The maximum absolute atomic E-state index is 10.7. The minimum Gasteiger partial charge on any atom is -0.508 e. The molecule has 116 valence electrons. The van der Waals surface area contributed by atoms with Crippen molar-refractivity contribution in [2.24, 2.45) is 0 Å². The Morgan fingerprint density at radius 1 is 1.00 bits per heavy atom. The second kappa shape index (κ2) is 5.30. The zero-order chi connectivity index (χ0) is 16.6. The Bertz CT molecular complexity index is 889. The molecule has 23 heavy (non-hydrogen) atoms. The second-order valence-corrected chi connectivity index (χ2v) is 4.63. The van der Waals surface area contributed by atoms with E-state index in [0.717, 1.165) is 6.07 Å². The highest BCUT2D eigenvalue weighted by Crippen LogP contribution is 2.34. The van der Waals surface area contributed by atoms with Gasteiger partial charge in [-0.05, 0) is 24.3 Å². The standard InChI is InChI=1S/C14H10N4O5/c19-10-5-6-11(12(20)7-10)13-15-16-14(21)17(13)8-1-3-9(4-2-8)18(22)23/h1-7,19-20H,(H,16,21). The molecule has 0 fully saturated rings. The number of non-ortho nitro benzene ring substituents is 1. The first-order valence-corrected chi connectivity index (χ1v) is 6.39. The van der Waals surface area contributed by atoms with E-state index >= 15 is 0 Å². The van der Waals surface area contributed by atoms with Gasteiger partial charge in [0.05, 0.1) is 16.2 Å². The molecule has 1 aromatic heterocycles. The van der Waals surface area contributed by atoms with Gasteiger partial charge in [-0.2, -0.15) is 0 Å². The van der Waals surface area contributed by atoms with Crippen LogP contribution in [0, 0.1) is 10.1 Å². The fraction of sp³-hybridized carbons (Fsp3) is 0.